The number of para-hydroxylation sites is 1. The molecule has 1 aromatic heterocycles. The molecule has 0 fully saturated rings. The molecule has 0 saturated carbocycles. The zero-order valence-electron chi connectivity index (χ0n) is 11.4. The van der Waals surface area contributed by atoms with Gasteiger partial charge < -0.3 is 10.1 Å². The molecule has 0 saturated heterocycles. The van der Waals surface area contributed by atoms with Crippen LogP contribution >= 0.6 is 0 Å². The van der Waals surface area contributed by atoms with Gasteiger partial charge in [-0.05, 0) is 18.6 Å². The Morgan fingerprint density at radius 1 is 1.42 bits per heavy atom. The van der Waals surface area contributed by atoms with Crippen LogP contribution in [0.15, 0.2) is 30.5 Å². The molecular weight excluding hydrogens is 238 g/mol. The van der Waals surface area contributed by atoms with Crippen LogP contribution in [0.1, 0.15) is 16.8 Å². The molecule has 1 atom stereocenters. The number of aryl methyl sites for hydroxylation is 2. The second-order valence-electron chi connectivity index (χ2n) is 5.10. The van der Waals surface area contributed by atoms with Gasteiger partial charge in [0.1, 0.15) is 11.9 Å². The first-order chi connectivity index (χ1) is 9.22. The molecule has 0 radical (unpaired) electrons. The standard InChI is InChI=1S/C15H19N3O/c1-11-13(10-18(2)17-11)8-16-9-14-7-12-5-3-4-6-15(12)19-14/h3-6,10,14,16H,7-9H2,1-2H3. The minimum atomic E-state index is 0.245. The number of benzene rings is 1. The Kier molecular flexibility index (Phi) is 3.25. The van der Waals surface area contributed by atoms with E-state index in [9.17, 15) is 0 Å². The van der Waals surface area contributed by atoms with Crippen molar-refractivity contribution >= 4 is 0 Å². The molecule has 4 heteroatoms. The molecule has 0 bridgehead atoms. The second kappa shape index (κ2) is 5.05. The van der Waals surface area contributed by atoms with Gasteiger partial charge in [-0.15, -0.1) is 0 Å². The number of nitrogens with one attached hydrogen (secondary N) is 1. The third-order valence-corrected chi connectivity index (χ3v) is 3.52. The number of aromatic nitrogens is 2. The van der Waals surface area contributed by atoms with Crippen LogP contribution in [0.3, 0.4) is 0 Å². The zero-order chi connectivity index (χ0) is 13.2. The van der Waals surface area contributed by atoms with Crippen molar-refractivity contribution in [3.63, 3.8) is 0 Å². The van der Waals surface area contributed by atoms with Crippen LogP contribution in [0, 0.1) is 6.92 Å². The van der Waals surface area contributed by atoms with E-state index >= 15 is 0 Å². The molecule has 100 valence electrons. The summed E-state index contributed by atoms with van der Waals surface area (Å²) in [6.07, 6.45) is 3.30. The largest absolute Gasteiger partial charge is 0.488 e. The summed E-state index contributed by atoms with van der Waals surface area (Å²) in [5.74, 6) is 1.03. The van der Waals surface area contributed by atoms with Crippen molar-refractivity contribution in [3.8, 4) is 5.75 Å². The monoisotopic (exact) mass is 257 g/mol. The molecule has 1 aromatic carbocycles. The first-order valence-electron chi connectivity index (χ1n) is 6.67. The SMILES string of the molecule is Cc1nn(C)cc1CNCC1Cc2ccccc2O1. The van der Waals surface area contributed by atoms with Crippen molar-refractivity contribution in [3.05, 3.63) is 47.3 Å². The summed E-state index contributed by atoms with van der Waals surface area (Å²) < 4.78 is 7.75. The van der Waals surface area contributed by atoms with E-state index in [-0.39, 0.29) is 6.10 Å². The van der Waals surface area contributed by atoms with E-state index in [1.54, 1.807) is 0 Å². The summed E-state index contributed by atoms with van der Waals surface area (Å²) in [5.41, 5.74) is 3.65. The number of nitrogens with zero attached hydrogens (tertiary/aromatic N) is 2. The van der Waals surface area contributed by atoms with Gasteiger partial charge in [0.25, 0.3) is 0 Å². The highest BCUT2D eigenvalue weighted by molar-refractivity contribution is 5.37. The van der Waals surface area contributed by atoms with E-state index in [1.165, 1.54) is 11.1 Å². The predicted octanol–water partition coefficient (Wildman–Crippen LogP) is 1.82. The fourth-order valence-corrected chi connectivity index (χ4v) is 2.56. The van der Waals surface area contributed by atoms with Crippen LogP contribution in [-0.2, 0) is 20.0 Å². The van der Waals surface area contributed by atoms with Gasteiger partial charge in [-0.1, -0.05) is 18.2 Å². The topological polar surface area (TPSA) is 39.1 Å². The highest BCUT2D eigenvalue weighted by Crippen LogP contribution is 2.27. The molecule has 19 heavy (non-hydrogen) atoms. The Morgan fingerprint density at radius 3 is 3.00 bits per heavy atom. The molecular formula is C15H19N3O. The van der Waals surface area contributed by atoms with Crippen molar-refractivity contribution in [2.75, 3.05) is 6.54 Å². The Balaban J connectivity index is 1.51. The van der Waals surface area contributed by atoms with E-state index in [4.69, 9.17) is 4.74 Å². The van der Waals surface area contributed by atoms with Crippen LogP contribution in [0.25, 0.3) is 0 Å². The molecule has 1 unspecified atom stereocenters. The quantitative estimate of drug-likeness (QED) is 0.908. The third kappa shape index (κ3) is 2.63. The summed E-state index contributed by atoms with van der Waals surface area (Å²) >= 11 is 0. The lowest BCUT2D eigenvalue weighted by Gasteiger charge is -2.11. The van der Waals surface area contributed by atoms with Crippen molar-refractivity contribution in [2.45, 2.75) is 26.0 Å². The summed E-state index contributed by atoms with van der Waals surface area (Å²) in [6.45, 7) is 3.75. The molecule has 1 aliphatic heterocycles. The van der Waals surface area contributed by atoms with Crippen molar-refractivity contribution in [1.82, 2.24) is 15.1 Å². The molecule has 0 amide bonds. The lowest BCUT2D eigenvalue weighted by molar-refractivity contribution is 0.227. The molecule has 2 heterocycles. The van der Waals surface area contributed by atoms with Gasteiger partial charge in [0.05, 0.1) is 5.69 Å². The number of hydrogen-bond donors (Lipinski definition) is 1. The van der Waals surface area contributed by atoms with E-state index in [0.717, 1.165) is 31.0 Å². The maximum atomic E-state index is 5.90. The zero-order valence-corrected chi connectivity index (χ0v) is 11.4. The third-order valence-electron chi connectivity index (χ3n) is 3.52. The molecule has 1 N–H and O–H groups in total. The minimum Gasteiger partial charge on any atom is -0.488 e. The summed E-state index contributed by atoms with van der Waals surface area (Å²) in [4.78, 5) is 0. The van der Waals surface area contributed by atoms with Gasteiger partial charge in [0.15, 0.2) is 0 Å². The Bertz CT molecular complexity index is 552. The normalized spacial score (nSPS) is 17.3. The fourth-order valence-electron chi connectivity index (χ4n) is 2.56. The first-order valence-corrected chi connectivity index (χ1v) is 6.67. The van der Waals surface area contributed by atoms with Gasteiger partial charge in [0, 0.05) is 38.3 Å². The van der Waals surface area contributed by atoms with Crippen LogP contribution < -0.4 is 10.1 Å². The molecule has 2 aromatic rings. The van der Waals surface area contributed by atoms with Crippen LogP contribution in [0.5, 0.6) is 5.75 Å². The fraction of sp³-hybridized carbons (Fsp3) is 0.400. The summed E-state index contributed by atoms with van der Waals surface area (Å²) in [7, 11) is 1.95. The van der Waals surface area contributed by atoms with Gasteiger partial charge in [0.2, 0.25) is 0 Å². The molecule has 4 nitrogen and oxygen atoms in total. The number of hydrogen-bond acceptors (Lipinski definition) is 3. The van der Waals surface area contributed by atoms with Gasteiger partial charge in [-0.2, -0.15) is 5.10 Å². The smallest absolute Gasteiger partial charge is 0.123 e. The minimum absolute atomic E-state index is 0.245. The van der Waals surface area contributed by atoms with E-state index < -0.39 is 0 Å². The van der Waals surface area contributed by atoms with Gasteiger partial charge in [-0.25, -0.2) is 0 Å². The second-order valence-corrected chi connectivity index (χ2v) is 5.10. The lowest BCUT2D eigenvalue weighted by atomic mass is 10.1. The molecule has 0 spiro atoms. The van der Waals surface area contributed by atoms with Gasteiger partial charge >= 0.3 is 0 Å². The Morgan fingerprint density at radius 2 is 2.26 bits per heavy atom. The number of fused-ring (bicyclic) bond motifs is 1. The first kappa shape index (κ1) is 12.2. The molecule has 3 rings (SSSR count). The highest BCUT2D eigenvalue weighted by atomic mass is 16.5. The van der Waals surface area contributed by atoms with Gasteiger partial charge in [-0.3, -0.25) is 4.68 Å². The molecule has 0 aliphatic carbocycles. The van der Waals surface area contributed by atoms with Crippen molar-refractivity contribution in [2.24, 2.45) is 7.05 Å². The molecule has 1 aliphatic rings. The summed E-state index contributed by atoms with van der Waals surface area (Å²) in [6, 6.07) is 8.27. The number of ether oxygens (including phenoxy) is 1. The van der Waals surface area contributed by atoms with Crippen molar-refractivity contribution < 1.29 is 4.74 Å². The summed E-state index contributed by atoms with van der Waals surface area (Å²) in [5, 5.41) is 7.79. The maximum Gasteiger partial charge on any atom is 0.123 e. The lowest BCUT2D eigenvalue weighted by Crippen LogP contribution is -2.29. The average molecular weight is 257 g/mol. The van der Waals surface area contributed by atoms with E-state index in [0.29, 0.717) is 0 Å². The van der Waals surface area contributed by atoms with Crippen LogP contribution in [-0.4, -0.2) is 22.4 Å². The highest BCUT2D eigenvalue weighted by Gasteiger charge is 2.21. The van der Waals surface area contributed by atoms with Crippen LogP contribution in [0.2, 0.25) is 0 Å². The average Bonchev–Trinajstić information content (AvgIpc) is 2.92. The van der Waals surface area contributed by atoms with Crippen molar-refractivity contribution in [1.29, 1.82) is 0 Å². The van der Waals surface area contributed by atoms with E-state index in [2.05, 4.69) is 28.7 Å². The Hall–Kier alpha value is -1.81. The Labute approximate surface area is 113 Å². The number of rotatable bonds is 4. The predicted molar refractivity (Wildman–Crippen MR) is 74.2 cm³/mol. The maximum absolute atomic E-state index is 5.90. The van der Waals surface area contributed by atoms with E-state index in [1.807, 2.05) is 30.8 Å². The van der Waals surface area contributed by atoms with Crippen LogP contribution in [0.4, 0.5) is 0 Å².